The number of ether oxygens (including phenoxy) is 2. The van der Waals surface area contributed by atoms with E-state index in [0.29, 0.717) is 23.7 Å². The van der Waals surface area contributed by atoms with Crippen LogP contribution in [-0.4, -0.2) is 39.8 Å². The first-order chi connectivity index (χ1) is 9.11. The average molecular weight is 264 g/mol. The van der Waals surface area contributed by atoms with Gasteiger partial charge >= 0.3 is 5.97 Å². The van der Waals surface area contributed by atoms with Crippen molar-refractivity contribution >= 4 is 11.6 Å². The summed E-state index contributed by atoms with van der Waals surface area (Å²) < 4.78 is 11.9. The number of hydrogen-bond donors (Lipinski definition) is 1. The van der Waals surface area contributed by atoms with Crippen molar-refractivity contribution in [3.63, 3.8) is 0 Å². The zero-order valence-electron chi connectivity index (χ0n) is 10.9. The number of imidazole rings is 1. The van der Waals surface area contributed by atoms with Crippen LogP contribution in [0.15, 0.2) is 24.5 Å². The van der Waals surface area contributed by atoms with Crippen molar-refractivity contribution in [2.24, 2.45) is 0 Å². The van der Waals surface area contributed by atoms with Crippen molar-refractivity contribution < 1.29 is 19.4 Å². The fourth-order valence-electron chi connectivity index (χ4n) is 1.62. The van der Waals surface area contributed by atoms with Crippen LogP contribution in [0.1, 0.15) is 24.3 Å². The van der Waals surface area contributed by atoms with Gasteiger partial charge in [0, 0.05) is 12.3 Å². The zero-order chi connectivity index (χ0) is 13.8. The van der Waals surface area contributed by atoms with Crippen LogP contribution < -0.4 is 4.74 Å². The predicted octanol–water partition coefficient (Wildman–Crippen LogP) is 1.27. The molecular formula is C13H16N2O4. The van der Waals surface area contributed by atoms with Gasteiger partial charge in [-0.2, -0.15) is 0 Å². The minimum absolute atomic E-state index is 0.210. The van der Waals surface area contributed by atoms with E-state index in [9.17, 15) is 4.79 Å². The van der Waals surface area contributed by atoms with Gasteiger partial charge in [-0.1, -0.05) is 0 Å². The summed E-state index contributed by atoms with van der Waals surface area (Å²) in [5.41, 5.74) is 0.963. The maximum atomic E-state index is 11.7. The van der Waals surface area contributed by atoms with E-state index in [1.54, 1.807) is 36.6 Å². The van der Waals surface area contributed by atoms with E-state index < -0.39 is 12.1 Å². The Kier molecular flexibility index (Phi) is 4.01. The summed E-state index contributed by atoms with van der Waals surface area (Å²) in [6.07, 6.45) is 2.61. The summed E-state index contributed by atoms with van der Waals surface area (Å²) in [5, 5.41) is 9.16. The molecule has 1 N–H and O–H groups in total. The molecule has 1 atom stereocenters. The largest absolute Gasteiger partial charge is 0.491 e. The molecule has 0 fully saturated rings. The molecule has 0 aliphatic rings. The normalized spacial score (nSPS) is 12.4. The molecule has 0 bridgehead atoms. The van der Waals surface area contributed by atoms with Gasteiger partial charge in [-0.25, -0.2) is 9.78 Å². The van der Waals surface area contributed by atoms with Crippen LogP contribution in [0.25, 0.3) is 5.65 Å². The van der Waals surface area contributed by atoms with Crippen LogP contribution in [-0.2, 0) is 4.74 Å². The van der Waals surface area contributed by atoms with E-state index >= 15 is 0 Å². The molecule has 19 heavy (non-hydrogen) atoms. The van der Waals surface area contributed by atoms with E-state index in [0.717, 1.165) is 0 Å². The molecule has 1 unspecified atom stereocenters. The van der Waals surface area contributed by atoms with Gasteiger partial charge in [0.25, 0.3) is 0 Å². The van der Waals surface area contributed by atoms with Crippen molar-refractivity contribution in [2.75, 3.05) is 13.2 Å². The second-order valence-corrected chi connectivity index (χ2v) is 4.11. The van der Waals surface area contributed by atoms with Crippen molar-refractivity contribution in [2.45, 2.75) is 20.0 Å². The zero-order valence-corrected chi connectivity index (χ0v) is 10.9. The third kappa shape index (κ3) is 3.03. The highest BCUT2D eigenvalue weighted by molar-refractivity contribution is 5.88. The third-order valence-electron chi connectivity index (χ3n) is 2.46. The highest BCUT2D eigenvalue weighted by atomic mass is 16.5. The van der Waals surface area contributed by atoms with E-state index in [-0.39, 0.29) is 6.61 Å². The van der Waals surface area contributed by atoms with Crippen molar-refractivity contribution in [3.05, 3.63) is 30.2 Å². The number of aromatic nitrogens is 2. The van der Waals surface area contributed by atoms with E-state index in [1.807, 2.05) is 0 Å². The number of fused-ring (bicyclic) bond motifs is 1. The number of esters is 1. The van der Waals surface area contributed by atoms with Gasteiger partial charge in [0.15, 0.2) is 5.69 Å². The number of nitrogens with zero attached hydrogens (tertiary/aromatic N) is 2. The summed E-state index contributed by atoms with van der Waals surface area (Å²) in [4.78, 5) is 15.8. The maximum absolute atomic E-state index is 11.7. The predicted molar refractivity (Wildman–Crippen MR) is 68.3 cm³/mol. The lowest BCUT2D eigenvalue weighted by Crippen LogP contribution is -2.13. The molecule has 0 saturated heterocycles. The van der Waals surface area contributed by atoms with Gasteiger partial charge in [0.05, 0.1) is 18.9 Å². The first-order valence-electron chi connectivity index (χ1n) is 6.07. The second kappa shape index (κ2) is 5.71. The lowest BCUT2D eigenvalue weighted by atomic mass is 10.4. The summed E-state index contributed by atoms with van der Waals surface area (Å²) in [6.45, 7) is 3.93. The van der Waals surface area contributed by atoms with Crippen LogP contribution in [0.3, 0.4) is 0 Å². The first kappa shape index (κ1) is 13.4. The molecule has 0 aliphatic carbocycles. The lowest BCUT2D eigenvalue weighted by Gasteiger charge is -2.08. The van der Waals surface area contributed by atoms with Crippen molar-refractivity contribution in [3.8, 4) is 5.75 Å². The molecule has 0 aliphatic heterocycles. The third-order valence-corrected chi connectivity index (χ3v) is 2.46. The first-order valence-corrected chi connectivity index (χ1v) is 6.07. The van der Waals surface area contributed by atoms with Gasteiger partial charge in [-0.15, -0.1) is 0 Å². The maximum Gasteiger partial charge on any atom is 0.356 e. The Bertz CT molecular complexity index is 577. The minimum Gasteiger partial charge on any atom is -0.491 e. The van der Waals surface area contributed by atoms with E-state index in [1.165, 1.54) is 6.20 Å². The number of pyridine rings is 1. The minimum atomic E-state index is -0.536. The summed E-state index contributed by atoms with van der Waals surface area (Å²) in [6, 6.07) is 3.41. The van der Waals surface area contributed by atoms with Gasteiger partial charge in [0.1, 0.15) is 18.0 Å². The number of aliphatic hydroxyl groups is 1. The molecule has 0 saturated carbocycles. The molecule has 2 aromatic heterocycles. The lowest BCUT2D eigenvalue weighted by molar-refractivity contribution is 0.0518. The van der Waals surface area contributed by atoms with Gasteiger partial charge in [0.2, 0.25) is 0 Å². The molecule has 0 radical (unpaired) electrons. The Balaban J connectivity index is 2.24. The Hall–Kier alpha value is -2.08. The Morgan fingerprint density at radius 1 is 1.58 bits per heavy atom. The van der Waals surface area contributed by atoms with Crippen molar-refractivity contribution in [1.29, 1.82) is 0 Å². The number of carbonyl (C=O) groups excluding carboxylic acids is 1. The number of rotatable bonds is 5. The standard InChI is InChI=1S/C13H16N2O4/c1-3-18-13(17)11-7-14-12-6-10(4-5-15(11)12)19-8-9(2)16/h4-7,9,16H,3,8H2,1-2H3. The fourth-order valence-corrected chi connectivity index (χ4v) is 1.62. The quantitative estimate of drug-likeness (QED) is 0.823. The topological polar surface area (TPSA) is 73.1 Å². The van der Waals surface area contributed by atoms with Gasteiger partial charge < -0.3 is 14.6 Å². The number of aliphatic hydroxyl groups excluding tert-OH is 1. The fraction of sp³-hybridized carbons (Fsp3) is 0.385. The smallest absolute Gasteiger partial charge is 0.356 e. The summed E-state index contributed by atoms with van der Waals surface area (Å²) in [5.74, 6) is 0.182. The van der Waals surface area contributed by atoms with Crippen molar-refractivity contribution in [1.82, 2.24) is 9.38 Å². The Labute approximate surface area is 110 Å². The molecule has 2 rings (SSSR count). The van der Waals surface area contributed by atoms with Crippen LogP contribution in [0.2, 0.25) is 0 Å². The monoisotopic (exact) mass is 264 g/mol. The number of carbonyl (C=O) groups is 1. The molecule has 0 spiro atoms. The molecule has 6 nitrogen and oxygen atoms in total. The highest BCUT2D eigenvalue weighted by Gasteiger charge is 2.13. The van der Waals surface area contributed by atoms with Crippen LogP contribution in [0, 0.1) is 0 Å². The van der Waals surface area contributed by atoms with Crippen LogP contribution in [0.5, 0.6) is 5.75 Å². The SMILES string of the molecule is CCOC(=O)c1cnc2cc(OCC(C)O)ccn12. The molecule has 2 aromatic rings. The second-order valence-electron chi connectivity index (χ2n) is 4.11. The van der Waals surface area contributed by atoms with Gasteiger partial charge in [-0.3, -0.25) is 4.40 Å². The van der Waals surface area contributed by atoms with Gasteiger partial charge in [-0.05, 0) is 19.9 Å². The summed E-state index contributed by atoms with van der Waals surface area (Å²) in [7, 11) is 0. The number of hydrogen-bond acceptors (Lipinski definition) is 5. The molecule has 0 amide bonds. The van der Waals surface area contributed by atoms with E-state index in [4.69, 9.17) is 14.6 Å². The highest BCUT2D eigenvalue weighted by Crippen LogP contribution is 2.16. The molecule has 0 aromatic carbocycles. The summed E-state index contributed by atoms with van der Waals surface area (Å²) >= 11 is 0. The Morgan fingerprint density at radius 2 is 2.37 bits per heavy atom. The van der Waals surface area contributed by atoms with E-state index in [2.05, 4.69) is 4.98 Å². The van der Waals surface area contributed by atoms with Crippen LogP contribution in [0.4, 0.5) is 0 Å². The average Bonchev–Trinajstić information content (AvgIpc) is 2.79. The molecule has 6 heteroatoms. The molecule has 102 valence electrons. The van der Waals surface area contributed by atoms with Crippen LogP contribution >= 0.6 is 0 Å². The Morgan fingerprint density at radius 3 is 3.05 bits per heavy atom. The molecule has 2 heterocycles. The molecular weight excluding hydrogens is 248 g/mol.